The molecule has 4 nitrogen and oxygen atoms in total. The first-order valence-electron chi connectivity index (χ1n) is 6.46. The zero-order valence-electron chi connectivity index (χ0n) is 11.5. The van der Waals surface area contributed by atoms with E-state index in [-0.39, 0.29) is 6.79 Å². The molecule has 0 bridgehead atoms. The summed E-state index contributed by atoms with van der Waals surface area (Å²) in [6.07, 6.45) is 0. The number of halogens is 1. The number of nitrogens with zero attached hydrogens (tertiary/aromatic N) is 2. The fourth-order valence-corrected chi connectivity index (χ4v) is 2.45. The number of hydrogen-bond acceptors (Lipinski definition) is 4. The highest BCUT2D eigenvalue weighted by molar-refractivity contribution is 6.32. The number of benzene rings is 2. The molecule has 21 heavy (non-hydrogen) atoms. The first kappa shape index (κ1) is 13.6. The lowest BCUT2D eigenvalue weighted by Crippen LogP contribution is -2.16. The van der Waals surface area contributed by atoms with Crippen molar-refractivity contribution >= 4 is 17.3 Å². The van der Waals surface area contributed by atoms with E-state index < -0.39 is 0 Å². The summed E-state index contributed by atoms with van der Waals surface area (Å²) in [5.41, 5.74) is 2.55. The lowest BCUT2D eigenvalue weighted by Gasteiger charge is -2.20. The van der Waals surface area contributed by atoms with E-state index in [1.165, 1.54) is 0 Å². The van der Waals surface area contributed by atoms with E-state index in [0.29, 0.717) is 17.1 Å². The van der Waals surface area contributed by atoms with E-state index in [9.17, 15) is 0 Å². The van der Waals surface area contributed by atoms with Crippen LogP contribution < -0.4 is 14.4 Å². The molecule has 2 aromatic rings. The van der Waals surface area contributed by atoms with Crippen LogP contribution in [0.4, 0.5) is 5.69 Å². The minimum Gasteiger partial charge on any atom is -0.454 e. The van der Waals surface area contributed by atoms with Crippen LogP contribution in [-0.2, 0) is 6.54 Å². The summed E-state index contributed by atoms with van der Waals surface area (Å²) in [4.78, 5) is 2.06. The minimum atomic E-state index is 0.278. The summed E-state index contributed by atoms with van der Waals surface area (Å²) >= 11 is 6.07. The van der Waals surface area contributed by atoms with E-state index in [0.717, 1.165) is 22.7 Å². The third-order valence-corrected chi connectivity index (χ3v) is 3.68. The van der Waals surface area contributed by atoms with Crippen LogP contribution in [0.3, 0.4) is 0 Å². The number of anilines is 1. The van der Waals surface area contributed by atoms with Crippen molar-refractivity contribution in [1.29, 1.82) is 5.26 Å². The standard InChI is InChI=1S/C16H13ClN2O2/c1-19(13-4-3-12(8-18)14(17)7-13)9-11-2-5-15-16(6-11)21-10-20-15/h2-7H,9-10H2,1H3. The number of nitriles is 1. The molecule has 3 rings (SSSR count). The first-order chi connectivity index (χ1) is 10.2. The summed E-state index contributed by atoms with van der Waals surface area (Å²) < 4.78 is 10.7. The van der Waals surface area contributed by atoms with Crippen LogP contribution >= 0.6 is 11.6 Å². The smallest absolute Gasteiger partial charge is 0.231 e. The summed E-state index contributed by atoms with van der Waals surface area (Å²) in [7, 11) is 1.97. The molecule has 0 unspecified atom stereocenters. The number of hydrogen-bond donors (Lipinski definition) is 0. The Balaban J connectivity index is 1.78. The Kier molecular flexibility index (Phi) is 3.59. The Bertz CT molecular complexity index is 725. The third-order valence-electron chi connectivity index (χ3n) is 3.37. The van der Waals surface area contributed by atoms with E-state index in [2.05, 4.69) is 11.0 Å². The molecule has 0 aromatic heterocycles. The first-order valence-corrected chi connectivity index (χ1v) is 6.84. The Morgan fingerprint density at radius 2 is 2.00 bits per heavy atom. The van der Waals surface area contributed by atoms with Crippen LogP contribution in [0.1, 0.15) is 11.1 Å². The molecule has 5 heteroatoms. The maximum Gasteiger partial charge on any atom is 0.231 e. The summed E-state index contributed by atoms with van der Waals surface area (Å²) in [6, 6.07) is 13.4. The predicted molar refractivity (Wildman–Crippen MR) is 80.8 cm³/mol. The van der Waals surface area contributed by atoms with Gasteiger partial charge in [0.2, 0.25) is 6.79 Å². The van der Waals surface area contributed by atoms with E-state index in [1.54, 1.807) is 12.1 Å². The lowest BCUT2D eigenvalue weighted by atomic mass is 10.1. The average molecular weight is 301 g/mol. The Hall–Kier alpha value is -2.38. The summed E-state index contributed by atoms with van der Waals surface area (Å²) in [5, 5.41) is 9.36. The van der Waals surface area contributed by atoms with E-state index in [1.807, 2.05) is 31.3 Å². The zero-order valence-corrected chi connectivity index (χ0v) is 12.2. The molecule has 0 aliphatic carbocycles. The van der Waals surface area contributed by atoms with Crippen molar-refractivity contribution < 1.29 is 9.47 Å². The number of ether oxygens (including phenoxy) is 2. The van der Waals surface area contributed by atoms with Crippen molar-refractivity contribution in [3.8, 4) is 17.6 Å². The van der Waals surface area contributed by atoms with Crippen LogP contribution in [0.2, 0.25) is 5.02 Å². The number of rotatable bonds is 3. The van der Waals surface area contributed by atoms with Gasteiger partial charge in [0.05, 0.1) is 10.6 Å². The summed E-state index contributed by atoms with van der Waals surface area (Å²) in [5.74, 6) is 1.56. The molecule has 106 valence electrons. The SMILES string of the molecule is CN(Cc1ccc2c(c1)OCO2)c1ccc(C#N)c(Cl)c1. The van der Waals surface area contributed by atoms with Gasteiger partial charge in [-0.05, 0) is 35.9 Å². The molecule has 2 aromatic carbocycles. The molecule has 0 fully saturated rings. The highest BCUT2D eigenvalue weighted by Crippen LogP contribution is 2.33. The molecule has 0 spiro atoms. The van der Waals surface area contributed by atoms with Gasteiger partial charge in [-0.25, -0.2) is 0 Å². The largest absolute Gasteiger partial charge is 0.454 e. The van der Waals surface area contributed by atoms with Gasteiger partial charge >= 0.3 is 0 Å². The molecule has 0 saturated carbocycles. The Labute approximate surface area is 128 Å². The van der Waals surface area contributed by atoms with Crippen molar-refractivity contribution in [3.05, 3.63) is 52.5 Å². The van der Waals surface area contributed by atoms with Gasteiger partial charge in [0, 0.05) is 19.3 Å². The molecular formula is C16H13ClN2O2. The van der Waals surface area contributed by atoms with Crippen LogP contribution in [0.25, 0.3) is 0 Å². The van der Waals surface area contributed by atoms with Gasteiger partial charge in [0.25, 0.3) is 0 Å². The van der Waals surface area contributed by atoms with E-state index in [4.69, 9.17) is 26.3 Å². The second-order valence-electron chi connectivity index (χ2n) is 4.82. The molecule has 0 saturated heterocycles. The second kappa shape index (κ2) is 5.55. The Morgan fingerprint density at radius 1 is 1.19 bits per heavy atom. The van der Waals surface area contributed by atoms with Crippen molar-refractivity contribution in [2.75, 3.05) is 18.7 Å². The second-order valence-corrected chi connectivity index (χ2v) is 5.23. The van der Waals surface area contributed by atoms with Gasteiger partial charge in [-0.1, -0.05) is 17.7 Å². The van der Waals surface area contributed by atoms with Crippen LogP contribution in [0.5, 0.6) is 11.5 Å². The zero-order chi connectivity index (χ0) is 14.8. The fraction of sp³-hybridized carbons (Fsp3) is 0.188. The van der Waals surface area contributed by atoms with Crippen LogP contribution in [0, 0.1) is 11.3 Å². The Morgan fingerprint density at radius 3 is 2.76 bits per heavy atom. The molecule has 1 aliphatic heterocycles. The molecule has 0 N–H and O–H groups in total. The topological polar surface area (TPSA) is 45.5 Å². The molecule has 1 heterocycles. The quantitative estimate of drug-likeness (QED) is 0.869. The molecule has 0 radical (unpaired) electrons. The van der Waals surface area contributed by atoms with Gasteiger partial charge in [0.1, 0.15) is 6.07 Å². The third kappa shape index (κ3) is 2.74. The van der Waals surface area contributed by atoms with Gasteiger partial charge in [0.15, 0.2) is 11.5 Å². The maximum atomic E-state index is 8.90. The highest BCUT2D eigenvalue weighted by Gasteiger charge is 2.14. The molecule has 1 aliphatic rings. The van der Waals surface area contributed by atoms with Gasteiger partial charge in [-0.3, -0.25) is 0 Å². The fourth-order valence-electron chi connectivity index (χ4n) is 2.24. The minimum absolute atomic E-state index is 0.278. The van der Waals surface area contributed by atoms with Crippen molar-refractivity contribution in [2.45, 2.75) is 6.54 Å². The van der Waals surface area contributed by atoms with Gasteiger partial charge in [-0.15, -0.1) is 0 Å². The molecule has 0 atom stereocenters. The van der Waals surface area contributed by atoms with Crippen LogP contribution in [-0.4, -0.2) is 13.8 Å². The number of fused-ring (bicyclic) bond motifs is 1. The van der Waals surface area contributed by atoms with Crippen molar-refractivity contribution in [1.82, 2.24) is 0 Å². The van der Waals surface area contributed by atoms with Crippen LogP contribution in [0.15, 0.2) is 36.4 Å². The molecular weight excluding hydrogens is 288 g/mol. The molecule has 0 amide bonds. The maximum absolute atomic E-state index is 8.90. The van der Waals surface area contributed by atoms with Gasteiger partial charge < -0.3 is 14.4 Å². The predicted octanol–water partition coefficient (Wildman–Crippen LogP) is 3.58. The summed E-state index contributed by atoms with van der Waals surface area (Å²) in [6.45, 7) is 0.985. The van der Waals surface area contributed by atoms with Crippen molar-refractivity contribution in [2.24, 2.45) is 0 Å². The average Bonchev–Trinajstić information content (AvgIpc) is 2.94. The normalized spacial score (nSPS) is 12.0. The van der Waals surface area contributed by atoms with Crippen molar-refractivity contribution in [3.63, 3.8) is 0 Å². The highest BCUT2D eigenvalue weighted by atomic mass is 35.5. The van der Waals surface area contributed by atoms with E-state index >= 15 is 0 Å². The lowest BCUT2D eigenvalue weighted by molar-refractivity contribution is 0.174. The van der Waals surface area contributed by atoms with Gasteiger partial charge in [-0.2, -0.15) is 5.26 Å². The monoisotopic (exact) mass is 300 g/mol.